The van der Waals surface area contributed by atoms with Crippen molar-refractivity contribution in [1.82, 2.24) is 0 Å². The SMILES string of the molecule is Cc1cc(Br)cc(C)c1NCc1ccc(F)cc1Br. The standard InChI is InChI=1S/C15H14Br2FN/c1-9-5-12(16)6-10(2)15(9)19-8-11-3-4-13(18)7-14(11)17/h3-7,19H,8H2,1-2H3. The fourth-order valence-corrected chi connectivity index (χ4v) is 3.22. The molecule has 0 unspecified atom stereocenters. The first-order chi connectivity index (χ1) is 8.97. The molecule has 2 aromatic carbocycles. The Labute approximate surface area is 129 Å². The maximum Gasteiger partial charge on any atom is 0.124 e. The fourth-order valence-electron chi connectivity index (χ4n) is 2.04. The van der Waals surface area contributed by atoms with Gasteiger partial charge in [0, 0.05) is 21.2 Å². The van der Waals surface area contributed by atoms with E-state index in [4.69, 9.17) is 0 Å². The van der Waals surface area contributed by atoms with E-state index in [1.807, 2.05) is 0 Å². The van der Waals surface area contributed by atoms with E-state index in [0.717, 1.165) is 20.2 Å². The maximum atomic E-state index is 13.0. The second kappa shape index (κ2) is 6.06. The molecule has 2 aromatic rings. The Morgan fingerprint density at radius 1 is 1.05 bits per heavy atom. The Morgan fingerprint density at radius 2 is 1.68 bits per heavy atom. The molecular weight excluding hydrogens is 373 g/mol. The molecule has 0 saturated heterocycles. The molecule has 19 heavy (non-hydrogen) atoms. The van der Waals surface area contributed by atoms with Gasteiger partial charge in [-0.1, -0.05) is 37.9 Å². The highest BCUT2D eigenvalue weighted by Gasteiger charge is 2.06. The van der Waals surface area contributed by atoms with Gasteiger partial charge in [-0.05, 0) is 54.8 Å². The molecule has 0 saturated carbocycles. The van der Waals surface area contributed by atoms with Crippen molar-refractivity contribution in [3.05, 3.63) is 61.8 Å². The van der Waals surface area contributed by atoms with Gasteiger partial charge in [0.15, 0.2) is 0 Å². The zero-order chi connectivity index (χ0) is 14.0. The van der Waals surface area contributed by atoms with Crippen molar-refractivity contribution in [1.29, 1.82) is 0 Å². The van der Waals surface area contributed by atoms with E-state index in [1.165, 1.54) is 23.3 Å². The number of halogens is 3. The molecule has 0 fully saturated rings. The molecule has 1 N–H and O–H groups in total. The molecule has 0 aromatic heterocycles. The van der Waals surface area contributed by atoms with Gasteiger partial charge in [-0.2, -0.15) is 0 Å². The van der Waals surface area contributed by atoms with Crippen molar-refractivity contribution in [3.8, 4) is 0 Å². The number of hydrogen-bond donors (Lipinski definition) is 1. The number of aryl methyl sites for hydroxylation is 2. The maximum absolute atomic E-state index is 13.0. The van der Waals surface area contributed by atoms with Crippen LogP contribution >= 0.6 is 31.9 Å². The molecule has 1 nitrogen and oxygen atoms in total. The summed E-state index contributed by atoms with van der Waals surface area (Å²) >= 11 is 6.87. The Kier molecular flexibility index (Phi) is 4.63. The average molecular weight is 387 g/mol. The third-order valence-electron chi connectivity index (χ3n) is 2.97. The van der Waals surface area contributed by atoms with E-state index >= 15 is 0 Å². The molecule has 0 bridgehead atoms. The van der Waals surface area contributed by atoms with E-state index in [2.05, 4.69) is 63.2 Å². The summed E-state index contributed by atoms with van der Waals surface area (Å²) in [6, 6.07) is 8.90. The van der Waals surface area contributed by atoms with Gasteiger partial charge in [-0.15, -0.1) is 0 Å². The zero-order valence-electron chi connectivity index (χ0n) is 10.7. The van der Waals surface area contributed by atoms with Gasteiger partial charge in [0.25, 0.3) is 0 Å². The first kappa shape index (κ1) is 14.5. The van der Waals surface area contributed by atoms with Crippen LogP contribution in [-0.2, 0) is 6.54 Å². The van der Waals surface area contributed by atoms with Crippen LogP contribution in [0.25, 0.3) is 0 Å². The summed E-state index contributed by atoms with van der Waals surface area (Å²) in [5, 5.41) is 3.41. The summed E-state index contributed by atoms with van der Waals surface area (Å²) in [5.41, 5.74) is 4.53. The average Bonchev–Trinajstić information content (AvgIpc) is 2.30. The first-order valence-corrected chi connectivity index (χ1v) is 7.50. The molecule has 0 atom stereocenters. The van der Waals surface area contributed by atoms with E-state index in [0.29, 0.717) is 6.54 Å². The van der Waals surface area contributed by atoms with Crippen LogP contribution in [-0.4, -0.2) is 0 Å². The topological polar surface area (TPSA) is 12.0 Å². The van der Waals surface area contributed by atoms with Gasteiger partial charge in [-0.3, -0.25) is 0 Å². The van der Waals surface area contributed by atoms with E-state index in [9.17, 15) is 4.39 Å². The van der Waals surface area contributed by atoms with Crippen molar-refractivity contribution in [3.63, 3.8) is 0 Å². The lowest BCUT2D eigenvalue weighted by Crippen LogP contribution is -2.03. The van der Waals surface area contributed by atoms with Crippen LogP contribution < -0.4 is 5.32 Å². The van der Waals surface area contributed by atoms with Gasteiger partial charge in [-0.25, -0.2) is 4.39 Å². The smallest absolute Gasteiger partial charge is 0.124 e. The molecular formula is C15H14Br2FN. The predicted octanol–water partition coefficient (Wildman–Crippen LogP) is 5.58. The highest BCUT2D eigenvalue weighted by atomic mass is 79.9. The first-order valence-electron chi connectivity index (χ1n) is 5.92. The number of hydrogen-bond acceptors (Lipinski definition) is 1. The predicted molar refractivity (Wildman–Crippen MR) is 85.0 cm³/mol. The summed E-state index contributed by atoms with van der Waals surface area (Å²) in [4.78, 5) is 0. The molecule has 0 radical (unpaired) electrons. The van der Waals surface area contributed by atoms with Crippen LogP contribution in [0, 0.1) is 19.7 Å². The number of benzene rings is 2. The number of rotatable bonds is 3. The Morgan fingerprint density at radius 3 is 2.26 bits per heavy atom. The second-order valence-electron chi connectivity index (χ2n) is 4.50. The third-order valence-corrected chi connectivity index (χ3v) is 4.16. The van der Waals surface area contributed by atoms with Gasteiger partial charge >= 0.3 is 0 Å². The summed E-state index contributed by atoms with van der Waals surface area (Å²) in [6.07, 6.45) is 0. The normalized spacial score (nSPS) is 10.6. The molecule has 0 aliphatic heterocycles. The highest BCUT2D eigenvalue weighted by Crippen LogP contribution is 2.26. The van der Waals surface area contributed by atoms with Crippen LogP contribution in [0.4, 0.5) is 10.1 Å². The van der Waals surface area contributed by atoms with Crippen molar-refractivity contribution in [2.24, 2.45) is 0 Å². The van der Waals surface area contributed by atoms with Crippen LogP contribution in [0.15, 0.2) is 39.3 Å². The van der Waals surface area contributed by atoms with Crippen molar-refractivity contribution in [2.75, 3.05) is 5.32 Å². The second-order valence-corrected chi connectivity index (χ2v) is 6.27. The third kappa shape index (κ3) is 3.57. The van der Waals surface area contributed by atoms with Crippen molar-refractivity contribution >= 4 is 37.5 Å². The summed E-state index contributed by atoms with van der Waals surface area (Å²) in [6.45, 7) is 4.80. The van der Waals surface area contributed by atoms with Gasteiger partial charge in [0.05, 0.1) is 0 Å². The van der Waals surface area contributed by atoms with Gasteiger partial charge in [0.1, 0.15) is 5.82 Å². The van der Waals surface area contributed by atoms with Gasteiger partial charge < -0.3 is 5.32 Å². The monoisotopic (exact) mass is 385 g/mol. The van der Waals surface area contributed by atoms with E-state index in [-0.39, 0.29) is 5.82 Å². The van der Waals surface area contributed by atoms with Gasteiger partial charge in [0.2, 0.25) is 0 Å². The number of anilines is 1. The molecule has 0 aliphatic rings. The zero-order valence-corrected chi connectivity index (χ0v) is 13.9. The van der Waals surface area contributed by atoms with E-state index in [1.54, 1.807) is 6.07 Å². The van der Waals surface area contributed by atoms with Crippen LogP contribution in [0.3, 0.4) is 0 Å². The largest absolute Gasteiger partial charge is 0.380 e. The lowest BCUT2D eigenvalue weighted by atomic mass is 10.1. The quantitative estimate of drug-likeness (QED) is 0.725. The summed E-state index contributed by atoms with van der Waals surface area (Å²) in [7, 11) is 0. The summed E-state index contributed by atoms with van der Waals surface area (Å²) in [5.74, 6) is -0.230. The van der Waals surface area contributed by atoms with Crippen molar-refractivity contribution < 1.29 is 4.39 Å². The Balaban J connectivity index is 2.19. The van der Waals surface area contributed by atoms with Crippen LogP contribution in [0.1, 0.15) is 16.7 Å². The number of nitrogens with one attached hydrogen (secondary N) is 1. The Bertz CT molecular complexity index is 588. The fraction of sp³-hybridized carbons (Fsp3) is 0.200. The van der Waals surface area contributed by atoms with E-state index < -0.39 is 0 Å². The van der Waals surface area contributed by atoms with Crippen molar-refractivity contribution in [2.45, 2.75) is 20.4 Å². The van der Waals surface area contributed by atoms with Crippen LogP contribution in [0.2, 0.25) is 0 Å². The Hall–Kier alpha value is -0.870. The molecule has 2 rings (SSSR count). The molecule has 0 spiro atoms. The summed E-state index contributed by atoms with van der Waals surface area (Å²) < 4.78 is 14.9. The molecule has 100 valence electrons. The molecule has 0 heterocycles. The molecule has 0 amide bonds. The molecule has 0 aliphatic carbocycles. The van der Waals surface area contributed by atoms with Crippen LogP contribution in [0.5, 0.6) is 0 Å². The lowest BCUT2D eigenvalue weighted by molar-refractivity contribution is 0.626. The minimum Gasteiger partial charge on any atom is -0.380 e. The highest BCUT2D eigenvalue weighted by molar-refractivity contribution is 9.10. The lowest BCUT2D eigenvalue weighted by Gasteiger charge is -2.14. The minimum atomic E-state index is -0.230. The molecule has 4 heteroatoms. The minimum absolute atomic E-state index is 0.230.